The van der Waals surface area contributed by atoms with Crippen molar-refractivity contribution < 1.29 is 5.11 Å². The van der Waals surface area contributed by atoms with Crippen molar-refractivity contribution in [3.8, 4) is 0 Å². The second-order valence-electron chi connectivity index (χ2n) is 4.33. The maximum Gasteiger partial charge on any atom is 0.0787 e. The van der Waals surface area contributed by atoms with Crippen molar-refractivity contribution in [3.05, 3.63) is 42.0 Å². The molecule has 0 radical (unpaired) electrons. The predicted molar refractivity (Wildman–Crippen MR) is 69.8 cm³/mol. The van der Waals surface area contributed by atoms with Gasteiger partial charge >= 0.3 is 0 Å². The highest BCUT2D eigenvalue weighted by Gasteiger charge is 2.05. The summed E-state index contributed by atoms with van der Waals surface area (Å²) in [6.07, 6.45) is 0.404. The number of aliphatic hydroxyl groups excluding tert-OH is 1. The van der Waals surface area contributed by atoms with Crippen molar-refractivity contribution in [1.29, 1.82) is 0 Å². The second kappa shape index (κ2) is 5.71. The molecule has 0 bridgehead atoms. The van der Waals surface area contributed by atoms with Crippen molar-refractivity contribution in [2.24, 2.45) is 0 Å². The number of rotatable bonds is 5. The minimum Gasteiger partial charge on any atom is -0.388 e. The number of anilines is 1. The third-order valence-corrected chi connectivity index (χ3v) is 2.61. The highest BCUT2D eigenvalue weighted by molar-refractivity contribution is 5.48. The molecule has 1 aromatic rings. The van der Waals surface area contributed by atoms with Gasteiger partial charge in [-0.1, -0.05) is 31.2 Å². The van der Waals surface area contributed by atoms with Gasteiger partial charge in [0.15, 0.2) is 0 Å². The van der Waals surface area contributed by atoms with Gasteiger partial charge in [-0.3, -0.25) is 0 Å². The molecule has 0 aliphatic rings. The fraction of sp³-hybridized carbons (Fsp3) is 0.429. The molecule has 1 rings (SSSR count). The molecule has 0 aromatic heterocycles. The van der Waals surface area contributed by atoms with Crippen molar-refractivity contribution in [2.75, 3.05) is 18.5 Å². The van der Waals surface area contributed by atoms with Crippen LogP contribution in [0.2, 0.25) is 0 Å². The number of hydrogen-bond acceptors (Lipinski definition) is 2. The van der Waals surface area contributed by atoms with Crippen LogP contribution >= 0.6 is 0 Å². The lowest BCUT2D eigenvalue weighted by Crippen LogP contribution is -2.18. The van der Waals surface area contributed by atoms with E-state index in [0.717, 1.165) is 29.8 Å². The first-order valence-electron chi connectivity index (χ1n) is 5.68. The van der Waals surface area contributed by atoms with Gasteiger partial charge in [0.25, 0.3) is 0 Å². The number of likely N-dealkylation sites (N-methyl/N-ethyl adjacent to an activating group) is 1. The number of nitrogens with zero attached hydrogens (tertiary/aromatic N) is 1. The van der Waals surface area contributed by atoms with Crippen LogP contribution in [0.25, 0.3) is 0 Å². The van der Waals surface area contributed by atoms with E-state index >= 15 is 0 Å². The first-order chi connectivity index (χ1) is 7.54. The topological polar surface area (TPSA) is 23.5 Å². The molecule has 2 heteroatoms. The van der Waals surface area contributed by atoms with Crippen LogP contribution in [0.1, 0.15) is 31.9 Å². The third-order valence-electron chi connectivity index (χ3n) is 2.61. The maximum absolute atomic E-state index is 9.68. The van der Waals surface area contributed by atoms with E-state index < -0.39 is 0 Å². The van der Waals surface area contributed by atoms with Crippen molar-refractivity contribution >= 4 is 5.69 Å². The van der Waals surface area contributed by atoms with Gasteiger partial charge in [-0.05, 0) is 31.0 Å². The number of benzene rings is 1. The van der Waals surface area contributed by atoms with Crippen molar-refractivity contribution in [1.82, 2.24) is 0 Å². The monoisotopic (exact) mass is 219 g/mol. The minimum absolute atomic E-state index is 0.347. The van der Waals surface area contributed by atoms with E-state index in [2.05, 4.69) is 11.5 Å². The van der Waals surface area contributed by atoms with Gasteiger partial charge in [-0.2, -0.15) is 0 Å². The molecule has 0 saturated carbocycles. The Balaban J connectivity index is 2.74. The van der Waals surface area contributed by atoms with E-state index in [9.17, 15) is 5.11 Å². The summed E-state index contributed by atoms with van der Waals surface area (Å²) in [6.45, 7) is 8.75. The average Bonchev–Trinajstić information content (AvgIpc) is 2.27. The van der Waals surface area contributed by atoms with E-state index in [-0.39, 0.29) is 6.10 Å². The summed E-state index contributed by atoms with van der Waals surface area (Å²) < 4.78 is 0. The lowest BCUT2D eigenvalue weighted by Gasteiger charge is -2.20. The summed E-state index contributed by atoms with van der Waals surface area (Å²) >= 11 is 0. The lowest BCUT2D eigenvalue weighted by molar-refractivity contribution is 0.173. The normalized spacial score (nSPS) is 12.2. The van der Waals surface area contributed by atoms with Crippen LogP contribution in [-0.4, -0.2) is 18.7 Å². The van der Waals surface area contributed by atoms with Gasteiger partial charge in [-0.15, -0.1) is 0 Å². The lowest BCUT2D eigenvalue weighted by atomic mass is 10.1. The highest BCUT2D eigenvalue weighted by atomic mass is 16.3. The Morgan fingerprint density at radius 2 is 1.94 bits per heavy atom. The van der Waals surface area contributed by atoms with Gasteiger partial charge in [-0.25, -0.2) is 0 Å². The van der Waals surface area contributed by atoms with Gasteiger partial charge in [0, 0.05) is 19.3 Å². The molecule has 0 heterocycles. The molecule has 2 nitrogen and oxygen atoms in total. The smallest absolute Gasteiger partial charge is 0.0787 e. The zero-order chi connectivity index (χ0) is 12.1. The van der Waals surface area contributed by atoms with E-state index in [1.54, 1.807) is 0 Å². The fourth-order valence-corrected chi connectivity index (χ4v) is 1.68. The predicted octanol–water partition coefficient (Wildman–Crippen LogP) is 3.14. The van der Waals surface area contributed by atoms with Gasteiger partial charge < -0.3 is 10.0 Å². The molecule has 0 aliphatic carbocycles. The third kappa shape index (κ3) is 3.38. The average molecular weight is 219 g/mol. The summed E-state index contributed by atoms with van der Waals surface area (Å²) in [4.78, 5) is 2.14. The van der Waals surface area contributed by atoms with Crippen LogP contribution in [-0.2, 0) is 0 Å². The molecule has 1 atom stereocenters. The molecular weight excluding hydrogens is 198 g/mol. The van der Waals surface area contributed by atoms with Crippen LogP contribution in [0.4, 0.5) is 5.69 Å². The SMILES string of the molecule is C=C(C)CN(C)c1ccc([C@H](O)CC)cc1. The zero-order valence-corrected chi connectivity index (χ0v) is 10.4. The Labute approximate surface area is 98.2 Å². The summed E-state index contributed by atoms with van der Waals surface area (Å²) in [5.41, 5.74) is 3.27. The summed E-state index contributed by atoms with van der Waals surface area (Å²) in [5.74, 6) is 0. The Hall–Kier alpha value is -1.28. The van der Waals surface area contributed by atoms with Crippen LogP contribution in [0, 0.1) is 0 Å². The molecule has 0 amide bonds. The van der Waals surface area contributed by atoms with Gasteiger partial charge in [0.1, 0.15) is 0 Å². The maximum atomic E-state index is 9.68. The minimum atomic E-state index is -0.347. The highest BCUT2D eigenvalue weighted by Crippen LogP contribution is 2.20. The van der Waals surface area contributed by atoms with Crippen LogP contribution < -0.4 is 4.90 Å². The summed E-state index contributed by atoms with van der Waals surface area (Å²) in [6, 6.07) is 8.05. The van der Waals surface area contributed by atoms with E-state index in [0.29, 0.717) is 0 Å². The molecule has 1 N–H and O–H groups in total. The largest absolute Gasteiger partial charge is 0.388 e. The molecule has 0 saturated heterocycles. The molecule has 16 heavy (non-hydrogen) atoms. The first-order valence-corrected chi connectivity index (χ1v) is 5.68. The molecule has 88 valence electrons. The van der Waals surface area contributed by atoms with E-state index in [1.807, 2.05) is 45.2 Å². The zero-order valence-electron chi connectivity index (χ0n) is 10.4. The number of aliphatic hydroxyl groups is 1. The summed E-state index contributed by atoms with van der Waals surface area (Å²) in [5, 5.41) is 9.68. The van der Waals surface area contributed by atoms with Gasteiger partial charge in [0.05, 0.1) is 6.10 Å². The Bertz CT molecular complexity index is 342. The van der Waals surface area contributed by atoms with E-state index in [4.69, 9.17) is 0 Å². The Kier molecular flexibility index (Phi) is 4.56. The Morgan fingerprint density at radius 3 is 2.38 bits per heavy atom. The van der Waals surface area contributed by atoms with Crippen LogP contribution in [0.15, 0.2) is 36.4 Å². The first kappa shape index (κ1) is 12.8. The second-order valence-corrected chi connectivity index (χ2v) is 4.33. The van der Waals surface area contributed by atoms with Crippen LogP contribution in [0.3, 0.4) is 0 Å². The standard InChI is InChI=1S/C14H21NO/c1-5-14(16)12-6-8-13(9-7-12)15(4)10-11(2)3/h6-9,14,16H,2,5,10H2,1,3-4H3/t14-/m1/s1. The number of hydrogen-bond donors (Lipinski definition) is 1. The van der Waals surface area contributed by atoms with Crippen molar-refractivity contribution in [3.63, 3.8) is 0 Å². The molecule has 0 fully saturated rings. The van der Waals surface area contributed by atoms with Crippen LogP contribution in [0.5, 0.6) is 0 Å². The molecule has 0 spiro atoms. The Morgan fingerprint density at radius 1 is 1.38 bits per heavy atom. The van der Waals surface area contributed by atoms with Crippen molar-refractivity contribution in [2.45, 2.75) is 26.4 Å². The molecule has 0 unspecified atom stereocenters. The molecular formula is C14H21NO. The van der Waals surface area contributed by atoms with Gasteiger partial charge in [0.2, 0.25) is 0 Å². The molecule has 0 aliphatic heterocycles. The molecule has 1 aromatic carbocycles. The quantitative estimate of drug-likeness (QED) is 0.769. The summed E-state index contributed by atoms with van der Waals surface area (Å²) in [7, 11) is 2.04. The van der Waals surface area contributed by atoms with E-state index in [1.165, 1.54) is 0 Å². The fourth-order valence-electron chi connectivity index (χ4n) is 1.68.